The van der Waals surface area contributed by atoms with Gasteiger partial charge in [-0.25, -0.2) is 9.67 Å². The van der Waals surface area contributed by atoms with Crippen LogP contribution in [-0.4, -0.2) is 25.3 Å². The summed E-state index contributed by atoms with van der Waals surface area (Å²) in [6.07, 6.45) is 0. The van der Waals surface area contributed by atoms with Crippen LogP contribution in [0.3, 0.4) is 0 Å². The van der Waals surface area contributed by atoms with Crippen molar-refractivity contribution in [3.8, 4) is 5.69 Å². The molecule has 3 rings (SSSR count). The number of para-hydroxylation sites is 1. The molecule has 0 fully saturated rings. The number of anilines is 1. The van der Waals surface area contributed by atoms with E-state index in [-0.39, 0.29) is 11.5 Å². The molecule has 0 bridgehead atoms. The van der Waals surface area contributed by atoms with Gasteiger partial charge in [0.05, 0.1) is 22.8 Å². The van der Waals surface area contributed by atoms with Crippen molar-refractivity contribution in [2.24, 2.45) is 12.8 Å². The number of nitrogens with one attached hydrogen (secondary N) is 2. The topological polar surface area (TPSA) is 105 Å². The number of benzene rings is 1. The van der Waals surface area contributed by atoms with Gasteiger partial charge in [-0.2, -0.15) is 0 Å². The van der Waals surface area contributed by atoms with Crippen molar-refractivity contribution >= 4 is 17.6 Å². The number of aromatic nitrogens is 4. The summed E-state index contributed by atoms with van der Waals surface area (Å²) in [7, 11) is 1.82. The molecule has 3 aromatic rings. The quantitative estimate of drug-likeness (QED) is 0.456. The van der Waals surface area contributed by atoms with E-state index in [1.807, 2.05) is 64.2 Å². The molecular formula is C18H22N7O+. The van der Waals surface area contributed by atoms with Crippen molar-refractivity contribution in [2.45, 2.75) is 20.8 Å². The van der Waals surface area contributed by atoms with Crippen LogP contribution in [0.5, 0.6) is 0 Å². The maximum atomic E-state index is 12.9. The molecule has 8 nitrogen and oxygen atoms in total. The molecule has 0 unspecified atom stereocenters. The van der Waals surface area contributed by atoms with Crippen LogP contribution in [-0.2, 0) is 7.05 Å². The zero-order valence-electron chi connectivity index (χ0n) is 15.2. The van der Waals surface area contributed by atoms with Gasteiger partial charge >= 0.3 is 11.5 Å². The van der Waals surface area contributed by atoms with Crippen molar-refractivity contribution in [2.75, 3.05) is 5.32 Å². The monoisotopic (exact) mass is 352 g/mol. The normalized spacial score (nSPS) is 11.6. The first-order valence-corrected chi connectivity index (χ1v) is 8.19. The Morgan fingerprint density at radius 3 is 2.35 bits per heavy atom. The van der Waals surface area contributed by atoms with Crippen LogP contribution in [0.2, 0.25) is 0 Å². The minimum Gasteiger partial charge on any atom is -0.322 e. The fraction of sp³-hybridized carbons (Fsp3) is 0.222. The number of aryl methyl sites for hydroxylation is 2. The van der Waals surface area contributed by atoms with E-state index >= 15 is 0 Å². The lowest BCUT2D eigenvalue weighted by atomic mass is 10.3. The summed E-state index contributed by atoms with van der Waals surface area (Å²) in [6, 6.07) is 11.3. The fourth-order valence-electron chi connectivity index (χ4n) is 2.78. The van der Waals surface area contributed by atoms with Gasteiger partial charge < -0.3 is 5.73 Å². The summed E-state index contributed by atoms with van der Waals surface area (Å²) in [5, 5.41) is 2.95. The Morgan fingerprint density at radius 2 is 1.73 bits per heavy atom. The zero-order chi connectivity index (χ0) is 18.8. The number of guanidine groups is 1. The smallest absolute Gasteiger partial charge is 0.322 e. The average molecular weight is 352 g/mol. The molecule has 26 heavy (non-hydrogen) atoms. The summed E-state index contributed by atoms with van der Waals surface area (Å²) < 4.78 is 3.36. The number of hydrogen-bond acceptors (Lipinski definition) is 3. The van der Waals surface area contributed by atoms with Gasteiger partial charge in [-0.15, -0.1) is 9.97 Å². The Kier molecular flexibility index (Phi) is 4.57. The molecule has 1 aromatic carbocycles. The van der Waals surface area contributed by atoms with Gasteiger partial charge in [0.2, 0.25) is 0 Å². The van der Waals surface area contributed by atoms with Gasteiger partial charge in [0.25, 0.3) is 5.96 Å². The van der Waals surface area contributed by atoms with Crippen LogP contribution in [0.25, 0.3) is 5.69 Å². The van der Waals surface area contributed by atoms with Gasteiger partial charge in [-0.3, -0.25) is 14.8 Å². The predicted molar refractivity (Wildman–Crippen MR) is 101 cm³/mol. The summed E-state index contributed by atoms with van der Waals surface area (Å²) in [4.78, 5) is 24.3. The predicted octanol–water partition coefficient (Wildman–Crippen LogP) is 0.0302. The standard InChI is InChI=1S/C18H21N7O/c1-11-10-12(2)21-18(20-11)23-17(19)22-15-13(3)24(4)25(16(15)26)14-8-6-5-7-9-14/h5-10H,1-4H3,(H3,19,20,21,22,23)/p+1. The third-order valence-electron chi connectivity index (χ3n) is 4.04. The third-order valence-corrected chi connectivity index (χ3v) is 4.04. The van der Waals surface area contributed by atoms with E-state index in [2.05, 4.69) is 20.3 Å². The molecule has 0 atom stereocenters. The highest BCUT2D eigenvalue weighted by Gasteiger charge is 2.18. The molecule has 0 aliphatic rings. The molecule has 2 aromatic heterocycles. The van der Waals surface area contributed by atoms with Crippen LogP contribution in [0.1, 0.15) is 17.1 Å². The molecule has 0 aliphatic heterocycles. The van der Waals surface area contributed by atoms with Crippen LogP contribution in [0, 0.1) is 20.8 Å². The van der Waals surface area contributed by atoms with Crippen molar-refractivity contribution in [3.05, 3.63) is 63.8 Å². The van der Waals surface area contributed by atoms with Crippen molar-refractivity contribution < 1.29 is 4.99 Å². The van der Waals surface area contributed by atoms with Crippen molar-refractivity contribution in [1.29, 1.82) is 0 Å². The third kappa shape index (κ3) is 3.34. The van der Waals surface area contributed by atoms with E-state index in [9.17, 15) is 4.79 Å². The largest absolute Gasteiger partial charge is 0.354 e. The first kappa shape index (κ1) is 17.4. The van der Waals surface area contributed by atoms with Crippen LogP contribution < -0.4 is 21.6 Å². The lowest BCUT2D eigenvalue weighted by Crippen LogP contribution is -2.72. The molecule has 0 spiro atoms. The second kappa shape index (κ2) is 6.83. The maximum absolute atomic E-state index is 12.9. The first-order chi connectivity index (χ1) is 12.4. The summed E-state index contributed by atoms with van der Waals surface area (Å²) in [6.45, 7) is 5.61. The fourth-order valence-corrected chi connectivity index (χ4v) is 2.78. The van der Waals surface area contributed by atoms with Crippen LogP contribution in [0.15, 0.2) is 41.2 Å². The average Bonchev–Trinajstić information content (AvgIpc) is 2.78. The Labute approximate surface area is 151 Å². The molecule has 0 saturated carbocycles. The highest BCUT2D eigenvalue weighted by atomic mass is 16.1. The van der Waals surface area contributed by atoms with E-state index in [0.717, 1.165) is 22.8 Å². The molecular weight excluding hydrogens is 330 g/mol. The minimum atomic E-state index is -0.192. The van der Waals surface area contributed by atoms with E-state index in [1.54, 1.807) is 9.36 Å². The Hall–Kier alpha value is -3.42. The highest BCUT2D eigenvalue weighted by molar-refractivity contribution is 5.88. The molecule has 0 radical (unpaired) electrons. The molecule has 4 N–H and O–H groups in total. The Morgan fingerprint density at radius 1 is 1.12 bits per heavy atom. The van der Waals surface area contributed by atoms with Gasteiger partial charge in [-0.05, 0) is 32.9 Å². The lowest BCUT2D eigenvalue weighted by Gasteiger charge is -2.07. The summed E-state index contributed by atoms with van der Waals surface area (Å²) in [5.74, 6) is 0.561. The molecule has 2 heterocycles. The van der Waals surface area contributed by atoms with E-state index in [1.165, 1.54) is 0 Å². The second-order valence-electron chi connectivity index (χ2n) is 6.07. The Bertz CT molecular complexity index is 1010. The van der Waals surface area contributed by atoms with Crippen LogP contribution in [0.4, 0.5) is 11.6 Å². The molecule has 8 heteroatoms. The molecule has 0 amide bonds. The van der Waals surface area contributed by atoms with Crippen molar-refractivity contribution in [1.82, 2.24) is 19.3 Å². The minimum absolute atomic E-state index is 0.181. The number of nitrogens with two attached hydrogens (primary N) is 1. The number of nitrogens with zero attached hydrogens (tertiary/aromatic N) is 4. The highest BCUT2D eigenvalue weighted by Crippen LogP contribution is 2.13. The second-order valence-corrected chi connectivity index (χ2v) is 6.07. The van der Waals surface area contributed by atoms with E-state index < -0.39 is 0 Å². The Balaban J connectivity index is 1.98. The number of rotatable bonds is 3. The summed E-state index contributed by atoms with van der Waals surface area (Å²) >= 11 is 0. The summed E-state index contributed by atoms with van der Waals surface area (Å²) in [5.41, 5.74) is 9.42. The lowest BCUT2D eigenvalue weighted by molar-refractivity contribution is -0.365. The first-order valence-electron chi connectivity index (χ1n) is 8.19. The molecule has 0 aliphatic carbocycles. The SMILES string of the molecule is Cc1cc(C)nc([NH+]=C(N)Nc2c(C)n(C)n(-c3ccccc3)c2=O)n1. The van der Waals surface area contributed by atoms with Crippen LogP contribution >= 0.6 is 0 Å². The van der Waals surface area contributed by atoms with E-state index in [4.69, 9.17) is 5.73 Å². The maximum Gasteiger partial charge on any atom is 0.354 e. The van der Waals surface area contributed by atoms with E-state index in [0.29, 0.717) is 11.6 Å². The molecule has 0 saturated heterocycles. The van der Waals surface area contributed by atoms with Gasteiger partial charge in [0.15, 0.2) is 5.69 Å². The van der Waals surface area contributed by atoms with Gasteiger partial charge in [0.1, 0.15) is 0 Å². The molecule has 134 valence electrons. The zero-order valence-corrected chi connectivity index (χ0v) is 15.2. The van der Waals surface area contributed by atoms with Gasteiger partial charge in [-0.1, -0.05) is 18.2 Å². The number of hydrogen-bond donors (Lipinski definition) is 3. The van der Waals surface area contributed by atoms with Crippen molar-refractivity contribution in [3.63, 3.8) is 0 Å². The van der Waals surface area contributed by atoms with Gasteiger partial charge in [0, 0.05) is 13.1 Å².